The molecule has 0 saturated carbocycles. The van der Waals surface area contributed by atoms with Gasteiger partial charge < -0.3 is 0 Å². The van der Waals surface area contributed by atoms with Crippen molar-refractivity contribution in [2.75, 3.05) is 0 Å². The van der Waals surface area contributed by atoms with Crippen LogP contribution in [0.3, 0.4) is 0 Å². The minimum absolute atomic E-state index is 0.914. The van der Waals surface area contributed by atoms with Gasteiger partial charge in [-0.2, -0.15) is 0 Å². The predicted octanol–water partition coefficient (Wildman–Crippen LogP) is 4.81. The first-order valence-electron chi connectivity index (χ1n) is 6.40. The van der Waals surface area contributed by atoms with Crippen LogP contribution in [-0.2, 0) is 0 Å². The molecule has 0 aromatic rings. The van der Waals surface area contributed by atoms with Gasteiger partial charge in [0.1, 0.15) is 0 Å². The Balaban J connectivity index is 2.28. The first kappa shape index (κ1) is 11.8. The molecular formula is C14H26. The molecule has 1 aliphatic carbocycles. The zero-order valence-electron chi connectivity index (χ0n) is 10.1. The molecule has 0 spiro atoms. The van der Waals surface area contributed by atoms with Gasteiger partial charge in [0.25, 0.3) is 0 Å². The first-order valence-corrected chi connectivity index (χ1v) is 6.40. The lowest BCUT2D eigenvalue weighted by atomic mass is 9.75. The van der Waals surface area contributed by atoms with Gasteiger partial charge in [0.05, 0.1) is 0 Å². The highest BCUT2D eigenvalue weighted by Crippen LogP contribution is 2.33. The van der Waals surface area contributed by atoms with E-state index < -0.39 is 0 Å². The smallest absolute Gasteiger partial charge is 0.0317 e. The summed E-state index contributed by atoms with van der Waals surface area (Å²) in [6.07, 6.45) is 13.0. The zero-order valence-corrected chi connectivity index (χ0v) is 10.1. The van der Waals surface area contributed by atoms with Crippen LogP contribution >= 0.6 is 0 Å². The lowest BCUT2D eigenvalue weighted by Gasteiger charge is -2.30. The van der Waals surface area contributed by atoms with E-state index in [2.05, 4.69) is 32.9 Å². The maximum atomic E-state index is 2.45. The van der Waals surface area contributed by atoms with Crippen molar-refractivity contribution in [3.8, 4) is 0 Å². The minimum atomic E-state index is 0.914. The Kier molecular flexibility index (Phi) is 5.29. The van der Waals surface area contributed by atoms with E-state index in [0.29, 0.717) is 0 Å². The number of hydrogen-bond donors (Lipinski definition) is 0. The van der Waals surface area contributed by atoms with Gasteiger partial charge in [-0.1, -0.05) is 58.6 Å². The van der Waals surface area contributed by atoms with Crippen LogP contribution in [0.2, 0.25) is 0 Å². The molecule has 0 heterocycles. The quantitative estimate of drug-likeness (QED) is 0.435. The Morgan fingerprint density at radius 1 is 1.21 bits per heavy atom. The summed E-state index contributed by atoms with van der Waals surface area (Å²) in [6, 6.07) is 0. The molecule has 82 valence electrons. The summed E-state index contributed by atoms with van der Waals surface area (Å²) >= 11 is 0. The molecule has 0 bridgehead atoms. The predicted molar refractivity (Wildman–Crippen MR) is 64.3 cm³/mol. The highest BCUT2D eigenvalue weighted by molar-refractivity contribution is 4.94. The first-order chi connectivity index (χ1) is 6.75. The minimum Gasteiger partial charge on any atom is -0.0883 e. The van der Waals surface area contributed by atoms with Crippen LogP contribution in [0, 0.1) is 17.8 Å². The molecule has 1 aliphatic rings. The van der Waals surface area contributed by atoms with Crippen molar-refractivity contribution in [1.82, 2.24) is 0 Å². The molecule has 3 atom stereocenters. The van der Waals surface area contributed by atoms with Gasteiger partial charge in [0.15, 0.2) is 0 Å². The van der Waals surface area contributed by atoms with E-state index in [9.17, 15) is 0 Å². The van der Waals surface area contributed by atoms with Crippen LogP contribution < -0.4 is 0 Å². The summed E-state index contributed by atoms with van der Waals surface area (Å²) in [7, 11) is 0. The van der Waals surface area contributed by atoms with E-state index in [1.807, 2.05) is 0 Å². The molecule has 0 heteroatoms. The summed E-state index contributed by atoms with van der Waals surface area (Å²) in [4.78, 5) is 0. The molecule has 0 radical (unpaired) electrons. The summed E-state index contributed by atoms with van der Waals surface area (Å²) in [5.41, 5.74) is 0. The topological polar surface area (TPSA) is 0 Å². The molecule has 0 N–H and O–H groups in total. The van der Waals surface area contributed by atoms with E-state index in [4.69, 9.17) is 0 Å². The van der Waals surface area contributed by atoms with Crippen molar-refractivity contribution in [1.29, 1.82) is 0 Å². The van der Waals surface area contributed by atoms with Crippen LogP contribution in [0.4, 0.5) is 0 Å². The van der Waals surface area contributed by atoms with Gasteiger partial charge in [-0.3, -0.25) is 0 Å². The maximum absolute atomic E-state index is 2.45. The molecule has 0 saturated heterocycles. The van der Waals surface area contributed by atoms with E-state index >= 15 is 0 Å². The summed E-state index contributed by atoms with van der Waals surface area (Å²) in [5.74, 6) is 2.80. The van der Waals surface area contributed by atoms with Crippen molar-refractivity contribution in [2.24, 2.45) is 17.8 Å². The second kappa shape index (κ2) is 6.27. The van der Waals surface area contributed by atoms with Gasteiger partial charge in [0, 0.05) is 0 Å². The van der Waals surface area contributed by atoms with E-state index in [-0.39, 0.29) is 0 Å². The van der Waals surface area contributed by atoms with E-state index in [0.717, 1.165) is 17.8 Å². The molecule has 0 nitrogen and oxygen atoms in total. The average Bonchev–Trinajstić information content (AvgIpc) is 2.18. The standard InChI is InChI=1S/C14H26/c1-4-5-6-9-12(2)14-11-8-7-10-13(14)3/h7-8,12-14H,4-6,9-11H2,1-3H3. The van der Waals surface area contributed by atoms with Crippen LogP contribution in [0.15, 0.2) is 12.2 Å². The van der Waals surface area contributed by atoms with Crippen molar-refractivity contribution in [2.45, 2.75) is 59.3 Å². The fraction of sp³-hybridized carbons (Fsp3) is 0.857. The molecular weight excluding hydrogens is 168 g/mol. The molecule has 0 aromatic heterocycles. The molecule has 0 amide bonds. The monoisotopic (exact) mass is 194 g/mol. The fourth-order valence-electron chi connectivity index (χ4n) is 2.69. The number of hydrogen-bond acceptors (Lipinski definition) is 0. The second-order valence-corrected chi connectivity index (χ2v) is 5.06. The lowest BCUT2D eigenvalue weighted by Crippen LogP contribution is -2.21. The molecule has 0 aliphatic heterocycles. The lowest BCUT2D eigenvalue weighted by molar-refractivity contribution is 0.233. The van der Waals surface area contributed by atoms with Gasteiger partial charge in [0.2, 0.25) is 0 Å². The zero-order chi connectivity index (χ0) is 10.4. The fourth-order valence-corrected chi connectivity index (χ4v) is 2.69. The van der Waals surface area contributed by atoms with Crippen LogP contribution in [0.25, 0.3) is 0 Å². The third-order valence-electron chi connectivity index (χ3n) is 3.81. The van der Waals surface area contributed by atoms with Gasteiger partial charge in [-0.15, -0.1) is 0 Å². The third-order valence-corrected chi connectivity index (χ3v) is 3.81. The maximum Gasteiger partial charge on any atom is -0.0317 e. The summed E-state index contributed by atoms with van der Waals surface area (Å²) in [6.45, 7) is 7.16. The highest BCUT2D eigenvalue weighted by Gasteiger charge is 2.23. The molecule has 0 aromatic carbocycles. The third kappa shape index (κ3) is 3.48. The summed E-state index contributed by atoms with van der Waals surface area (Å²) < 4.78 is 0. The van der Waals surface area contributed by atoms with Crippen molar-refractivity contribution >= 4 is 0 Å². The van der Waals surface area contributed by atoms with Gasteiger partial charge in [-0.05, 0) is 30.6 Å². The van der Waals surface area contributed by atoms with Crippen LogP contribution in [0.1, 0.15) is 59.3 Å². The van der Waals surface area contributed by atoms with Crippen LogP contribution in [0.5, 0.6) is 0 Å². The number of unbranched alkanes of at least 4 members (excludes halogenated alkanes) is 2. The van der Waals surface area contributed by atoms with Crippen molar-refractivity contribution < 1.29 is 0 Å². The van der Waals surface area contributed by atoms with Crippen molar-refractivity contribution in [3.63, 3.8) is 0 Å². The largest absolute Gasteiger partial charge is 0.0883 e. The number of allylic oxidation sites excluding steroid dienone is 2. The highest BCUT2D eigenvalue weighted by atomic mass is 14.3. The van der Waals surface area contributed by atoms with E-state index in [1.54, 1.807) is 0 Å². The van der Waals surface area contributed by atoms with Gasteiger partial charge in [-0.25, -0.2) is 0 Å². The van der Waals surface area contributed by atoms with Crippen molar-refractivity contribution in [3.05, 3.63) is 12.2 Å². The van der Waals surface area contributed by atoms with E-state index in [1.165, 1.54) is 38.5 Å². The van der Waals surface area contributed by atoms with Crippen LogP contribution in [-0.4, -0.2) is 0 Å². The van der Waals surface area contributed by atoms with Gasteiger partial charge >= 0.3 is 0 Å². The number of rotatable bonds is 5. The summed E-state index contributed by atoms with van der Waals surface area (Å²) in [5, 5.41) is 0. The SMILES string of the molecule is CCCCCC(C)C1CC=CCC1C. The molecule has 0 fully saturated rings. The Morgan fingerprint density at radius 2 is 1.93 bits per heavy atom. The second-order valence-electron chi connectivity index (χ2n) is 5.06. The normalized spacial score (nSPS) is 29.1. The Hall–Kier alpha value is -0.260. The molecule has 1 rings (SSSR count). The Labute approximate surface area is 89.8 Å². The Bertz CT molecular complexity index is 169. The molecule has 14 heavy (non-hydrogen) atoms. The Morgan fingerprint density at radius 3 is 2.57 bits per heavy atom. The average molecular weight is 194 g/mol. The molecule has 3 unspecified atom stereocenters.